The largest absolute Gasteiger partial charge is 0.308 e. The van der Waals surface area contributed by atoms with E-state index in [1.165, 1.54) is 6.07 Å². The van der Waals surface area contributed by atoms with E-state index in [0.29, 0.717) is 9.08 Å². The van der Waals surface area contributed by atoms with Gasteiger partial charge >= 0.3 is 0 Å². The van der Waals surface area contributed by atoms with Crippen molar-refractivity contribution in [2.24, 2.45) is 7.05 Å². The number of rotatable bonds is 3. The van der Waals surface area contributed by atoms with Gasteiger partial charge in [-0.3, -0.25) is 0 Å². The highest BCUT2D eigenvalue weighted by Crippen LogP contribution is 2.28. The van der Waals surface area contributed by atoms with E-state index in [1.807, 2.05) is 13.1 Å². The van der Waals surface area contributed by atoms with E-state index in [-0.39, 0.29) is 11.9 Å². The van der Waals surface area contributed by atoms with Crippen molar-refractivity contribution in [2.45, 2.75) is 6.04 Å². The van der Waals surface area contributed by atoms with Crippen molar-refractivity contribution in [2.75, 3.05) is 7.05 Å². The van der Waals surface area contributed by atoms with E-state index in [4.69, 9.17) is 0 Å². The van der Waals surface area contributed by atoms with Crippen LogP contribution in [-0.4, -0.2) is 22.0 Å². The number of aryl methyl sites for hydroxylation is 1. The Balaban J connectivity index is 2.48. The third-order valence-electron chi connectivity index (χ3n) is 2.67. The van der Waals surface area contributed by atoms with Crippen LogP contribution >= 0.6 is 31.9 Å². The second kappa shape index (κ2) is 5.46. The van der Waals surface area contributed by atoms with Gasteiger partial charge in [-0.05, 0) is 56.6 Å². The molecule has 18 heavy (non-hydrogen) atoms. The Labute approximate surface area is 121 Å². The fourth-order valence-electron chi connectivity index (χ4n) is 1.80. The van der Waals surface area contributed by atoms with Gasteiger partial charge in [-0.1, -0.05) is 11.3 Å². The molecule has 2 aromatic rings. The lowest BCUT2D eigenvalue weighted by Crippen LogP contribution is -2.21. The lowest BCUT2D eigenvalue weighted by Gasteiger charge is -2.17. The molecule has 0 aliphatic carbocycles. The second-order valence-electron chi connectivity index (χ2n) is 3.78. The van der Waals surface area contributed by atoms with Crippen LogP contribution in [0.2, 0.25) is 0 Å². The Morgan fingerprint density at radius 1 is 1.39 bits per heavy atom. The molecule has 0 spiro atoms. The van der Waals surface area contributed by atoms with Crippen LogP contribution in [0.4, 0.5) is 4.39 Å². The molecular formula is C11H11Br2FN4. The van der Waals surface area contributed by atoms with Crippen molar-refractivity contribution < 1.29 is 4.39 Å². The standard InChI is InChI=1S/C11H11Br2FN4/c1-15-9(10-11(13)16-17-18(10)2)6-3-4-7(12)8(14)5-6/h3-5,9,15H,1-2H3. The number of hydrogen-bond acceptors (Lipinski definition) is 3. The Morgan fingerprint density at radius 2 is 2.11 bits per heavy atom. The molecule has 1 atom stereocenters. The summed E-state index contributed by atoms with van der Waals surface area (Å²) >= 11 is 6.49. The molecule has 1 heterocycles. The number of nitrogens with zero attached hydrogens (tertiary/aromatic N) is 3. The molecule has 1 unspecified atom stereocenters. The highest BCUT2D eigenvalue weighted by atomic mass is 79.9. The molecule has 0 bridgehead atoms. The predicted molar refractivity (Wildman–Crippen MR) is 73.7 cm³/mol. The van der Waals surface area contributed by atoms with E-state index in [1.54, 1.807) is 17.8 Å². The van der Waals surface area contributed by atoms with Crippen LogP contribution in [0.3, 0.4) is 0 Å². The SMILES string of the molecule is CNC(c1ccc(Br)c(F)c1)c1c(Br)nnn1C. The maximum Gasteiger partial charge on any atom is 0.153 e. The van der Waals surface area contributed by atoms with Crippen molar-refractivity contribution in [3.05, 3.63) is 44.3 Å². The first-order valence-corrected chi connectivity index (χ1v) is 6.80. The first kappa shape index (κ1) is 13.6. The third kappa shape index (κ3) is 2.48. The number of aromatic nitrogens is 3. The van der Waals surface area contributed by atoms with Crippen LogP contribution < -0.4 is 5.32 Å². The lowest BCUT2D eigenvalue weighted by molar-refractivity contribution is 0.583. The summed E-state index contributed by atoms with van der Waals surface area (Å²) in [6.45, 7) is 0. The summed E-state index contributed by atoms with van der Waals surface area (Å²) in [6.07, 6.45) is 0. The van der Waals surface area contributed by atoms with Gasteiger partial charge in [0.15, 0.2) is 4.60 Å². The zero-order valence-electron chi connectivity index (χ0n) is 9.78. The number of hydrogen-bond donors (Lipinski definition) is 1. The van der Waals surface area contributed by atoms with Gasteiger partial charge in [0.05, 0.1) is 16.2 Å². The van der Waals surface area contributed by atoms with E-state index in [9.17, 15) is 4.39 Å². The smallest absolute Gasteiger partial charge is 0.153 e. The summed E-state index contributed by atoms with van der Waals surface area (Å²) < 4.78 is 16.3. The highest BCUT2D eigenvalue weighted by Gasteiger charge is 2.21. The van der Waals surface area contributed by atoms with E-state index in [2.05, 4.69) is 47.5 Å². The molecule has 0 aliphatic rings. The maximum atomic E-state index is 13.6. The van der Waals surface area contributed by atoms with Gasteiger partial charge < -0.3 is 5.32 Å². The van der Waals surface area contributed by atoms with Gasteiger partial charge in [-0.15, -0.1) is 5.10 Å². The summed E-state index contributed by atoms with van der Waals surface area (Å²) in [7, 11) is 3.61. The van der Waals surface area contributed by atoms with Crippen molar-refractivity contribution in [3.8, 4) is 0 Å². The first-order chi connectivity index (χ1) is 8.54. The molecule has 1 aromatic heterocycles. The zero-order chi connectivity index (χ0) is 13.3. The average Bonchev–Trinajstić information content (AvgIpc) is 2.66. The van der Waals surface area contributed by atoms with Crippen LogP contribution in [0.1, 0.15) is 17.3 Å². The quantitative estimate of drug-likeness (QED) is 0.894. The Hall–Kier alpha value is -0.790. The number of halogens is 3. The minimum absolute atomic E-state index is 0.179. The molecule has 7 heteroatoms. The molecule has 1 aromatic carbocycles. The van der Waals surface area contributed by atoms with Gasteiger partial charge in [0, 0.05) is 7.05 Å². The fourth-order valence-corrected chi connectivity index (χ4v) is 2.60. The van der Waals surface area contributed by atoms with Gasteiger partial charge in [0.2, 0.25) is 0 Å². The predicted octanol–water partition coefficient (Wildman–Crippen LogP) is 2.79. The molecule has 0 aliphatic heterocycles. The van der Waals surface area contributed by atoms with Crippen LogP contribution in [-0.2, 0) is 7.05 Å². The van der Waals surface area contributed by atoms with Gasteiger partial charge in [0.25, 0.3) is 0 Å². The van der Waals surface area contributed by atoms with Crippen molar-refractivity contribution in [3.63, 3.8) is 0 Å². The summed E-state index contributed by atoms with van der Waals surface area (Å²) in [5.41, 5.74) is 1.66. The van der Waals surface area contributed by atoms with E-state index in [0.717, 1.165) is 11.3 Å². The van der Waals surface area contributed by atoms with Crippen molar-refractivity contribution >= 4 is 31.9 Å². The Kier molecular flexibility index (Phi) is 4.14. The summed E-state index contributed by atoms with van der Waals surface area (Å²) in [4.78, 5) is 0. The molecule has 0 amide bonds. The van der Waals surface area contributed by atoms with Crippen LogP contribution in [0.15, 0.2) is 27.3 Å². The molecule has 0 fully saturated rings. The molecule has 96 valence electrons. The van der Waals surface area contributed by atoms with Crippen LogP contribution in [0, 0.1) is 5.82 Å². The molecule has 0 radical (unpaired) electrons. The van der Waals surface area contributed by atoms with Crippen LogP contribution in [0.5, 0.6) is 0 Å². The third-order valence-corrected chi connectivity index (χ3v) is 3.87. The van der Waals surface area contributed by atoms with Crippen LogP contribution in [0.25, 0.3) is 0 Å². The molecule has 1 N–H and O–H groups in total. The molecule has 0 saturated carbocycles. The molecule has 4 nitrogen and oxygen atoms in total. The van der Waals surface area contributed by atoms with Crippen molar-refractivity contribution in [1.29, 1.82) is 0 Å². The zero-order valence-corrected chi connectivity index (χ0v) is 13.0. The molecule has 0 saturated heterocycles. The van der Waals surface area contributed by atoms with Gasteiger partial charge in [-0.2, -0.15) is 0 Å². The first-order valence-electron chi connectivity index (χ1n) is 5.22. The normalized spacial score (nSPS) is 12.7. The number of nitrogens with one attached hydrogen (secondary N) is 1. The Bertz CT molecular complexity index is 551. The highest BCUT2D eigenvalue weighted by molar-refractivity contribution is 9.10. The Morgan fingerprint density at radius 3 is 2.61 bits per heavy atom. The summed E-state index contributed by atoms with van der Waals surface area (Å²) in [5.74, 6) is -0.293. The van der Waals surface area contributed by atoms with E-state index < -0.39 is 0 Å². The minimum Gasteiger partial charge on any atom is -0.308 e. The van der Waals surface area contributed by atoms with Gasteiger partial charge in [-0.25, -0.2) is 9.07 Å². The summed E-state index contributed by atoms with van der Waals surface area (Å²) in [5, 5.41) is 11.0. The topological polar surface area (TPSA) is 42.7 Å². The lowest BCUT2D eigenvalue weighted by atomic mass is 10.0. The maximum absolute atomic E-state index is 13.6. The van der Waals surface area contributed by atoms with E-state index >= 15 is 0 Å². The molecular weight excluding hydrogens is 367 g/mol. The average molecular weight is 378 g/mol. The fraction of sp³-hybridized carbons (Fsp3) is 0.273. The molecule has 2 rings (SSSR count). The van der Waals surface area contributed by atoms with Gasteiger partial charge in [0.1, 0.15) is 5.82 Å². The minimum atomic E-state index is -0.293. The number of benzene rings is 1. The second-order valence-corrected chi connectivity index (χ2v) is 5.39. The van der Waals surface area contributed by atoms with Crippen molar-refractivity contribution in [1.82, 2.24) is 20.3 Å². The summed E-state index contributed by atoms with van der Waals surface area (Å²) in [6, 6.07) is 4.85. The monoisotopic (exact) mass is 376 g/mol.